The van der Waals surface area contributed by atoms with E-state index >= 15 is 0 Å². The molecule has 3 nitrogen and oxygen atoms in total. The Morgan fingerprint density at radius 3 is 2.62 bits per heavy atom. The van der Waals surface area contributed by atoms with Crippen molar-refractivity contribution in [2.24, 2.45) is 0 Å². The monoisotopic (exact) mass is 217 g/mol. The molecule has 0 aliphatic rings. The fourth-order valence-electron chi connectivity index (χ4n) is 1.43. The van der Waals surface area contributed by atoms with Crippen molar-refractivity contribution in [3.8, 4) is 11.4 Å². The molecular formula is C12H12FN3. The highest BCUT2D eigenvalue weighted by atomic mass is 19.1. The lowest BCUT2D eigenvalue weighted by molar-refractivity contribution is 0.628. The predicted octanol–water partition coefficient (Wildman–Crippen LogP) is 2.00. The highest BCUT2D eigenvalue weighted by Gasteiger charge is 2.02. The summed E-state index contributed by atoms with van der Waals surface area (Å²) in [6, 6.07) is 6.26. The van der Waals surface area contributed by atoms with Crippen LogP contribution in [0.15, 0.2) is 36.7 Å². The van der Waals surface area contributed by atoms with Crippen LogP contribution >= 0.6 is 0 Å². The smallest absolute Gasteiger partial charge is 0.159 e. The standard InChI is InChI=1S/C12H12FN3/c1-14-6-9-7-15-12(16-8-9)10-3-2-4-11(13)5-10/h2-5,7-8,14H,6H2,1H3. The van der Waals surface area contributed by atoms with E-state index in [1.165, 1.54) is 12.1 Å². The molecule has 0 unspecified atom stereocenters. The maximum atomic E-state index is 13.0. The minimum atomic E-state index is -0.277. The summed E-state index contributed by atoms with van der Waals surface area (Å²) in [5, 5.41) is 3.01. The minimum absolute atomic E-state index is 0.277. The molecule has 4 heteroatoms. The second kappa shape index (κ2) is 4.81. The third kappa shape index (κ3) is 2.41. The zero-order chi connectivity index (χ0) is 11.4. The number of halogens is 1. The van der Waals surface area contributed by atoms with Gasteiger partial charge in [0.25, 0.3) is 0 Å². The van der Waals surface area contributed by atoms with E-state index in [9.17, 15) is 4.39 Å². The van der Waals surface area contributed by atoms with Crippen molar-refractivity contribution in [1.29, 1.82) is 0 Å². The first-order valence-electron chi connectivity index (χ1n) is 5.01. The lowest BCUT2D eigenvalue weighted by atomic mass is 10.2. The third-order valence-corrected chi connectivity index (χ3v) is 2.17. The van der Waals surface area contributed by atoms with Gasteiger partial charge in [-0.15, -0.1) is 0 Å². The van der Waals surface area contributed by atoms with Gasteiger partial charge in [-0.1, -0.05) is 12.1 Å². The molecule has 1 N–H and O–H groups in total. The highest BCUT2D eigenvalue weighted by Crippen LogP contribution is 2.15. The maximum absolute atomic E-state index is 13.0. The van der Waals surface area contributed by atoms with Gasteiger partial charge >= 0.3 is 0 Å². The van der Waals surface area contributed by atoms with Crippen LogP contribution in [0.2, 0.25) is 0 Å². The number of aromatic nitrogens is 2. The van der Waals surface area contributed by atoms with Crippen molar-refractivity contribution in [2.45, 2.75) is 6.54 Å². The van der Waals surface area contributed by atoms with E-state index in [1.807, 2.05) is 7.05 Å². The first kappa shape index (κ1) is 10.7. The van der Waals surface area contributed by atoms with Crippen molar-refractivity contribution in [2.75, 3.05) is 7.05 Å². The Hall–Kier alpha value is -1.81. The summed E-state index contributed by atoms with van der Waals surface area (Å²) in [5.41, 5.74) is 1.69. The summed E-state index contributed by atoms with van der Waals surface area (Å²) in [6.07, 6.45) is 3.48. The van der Waals surface area contributed by atoms with Gasteiger partial charge in [-0.05, 0) is 19.2 Å². The van der Waals surface area contributed by atoms with Crippen molar-refractivity contribution >= 4 is 0 Å². The summed E-state index contributed by atoms with van der Waals surface area (Å²) >= 11 is 0. The van der Waals surface area contributed by atoms with Gasteiger partial charge in [0.1, 0.15) is 5.82 Å². The molecule has 0 radical (unpaired) electrons. The zero-order valence-electron chi connectivity index (χ0n) is 8.94. The molecule has 2 rings (SSSR count). The van der Waals surface area contributed by atoms with Gasteiger partial charge < -0.3 is 5.32 Å². The van der Waals surface area contributed by atoms with E-state index in [1.54, 1.807) is 24.5 Å². The van der Waals surface area contributed by atoms with Crippen LogP contribution < -0.4 is 5.32 Å². The Bertz CT molecular complexity index is 468. The molecule has 0 aliphatic heterocycles. The molecule has 0 amide bonds. The molecule has 0 spiro atoms. The topological polar surface area (TPSA) is 37.8 Å². The molecular weight excluding hydrogens is 205 g/mol. The average Bonchev–Trinajstić information content (AvgIpc) is 2.30. The van der Waals surface area contributed by atoms with Crippen molar-refractivity contribution < 1.29 is 4.39 Å². The second-order valence-electron chi connectivity index (χ2n) is 3.46. The minimum Gasteiger partial charge on any atom is -0.316 e. The molecule has 0 fully saturated rings. The summed E-state index contributed by atoms with van der Waals surface area (Å²) in [7, 11) is 1.86. The first-order valence-corrected chi connectivity index (χ1v) is 5.01. The van der Waals surface area contributed by atoms with Crippen molar-refractivity contribution in [3.63, 3.8) is 0 Å². The van der Waals surface area contributed by atoms with Gasteiger partial charge in [0.05, 0.1) is 0 Å². The highest BCUT2D eigenvalue weighted by molar-refractivity contribution is 5.54. The van der Waals surface area contributed by atoms with Crippen LogP contribution in [0.1, 0.15) is 5.56 Å². The van der Waals surface area contributed by atoms with E-state index in [4.69, 9.17) is 0 Å². The van der Waals surface area contributed by atoms with Crippen LogP contribution in [-0.4, -0.2) is 17.0 Å². The molecule has 0 atom stereocenters. The molecule has 0 aliphatic carbocycles. The SMILES string of the molecule is CNCc1cnc(-c2cccc(F)c2)nc1. The molecule has 16 heavy (non-hydrogen) atoms. The van der Waals surface area contributed by atoms with Crippen molar-refractivity contribution in [3.05, 3.63) is 48.0 Å². The molecule has 0 saturated heterocycles. The lowest BCUT2D eigenvalue weighted by Gasteiger charge is -2.02. The Morgan fingerprint density at radius 1 is 1.25 bits per heavy atom. The van der Waals surface area contributed by atoms with Crippen LogP contribution in [0, 0.1) is 5.82 Å². The predicted molar refractivity (Wildman–Crippen MR) is 60.2 cm³/mol. The van der Waals surface area contributed by atoms with Crippen LogP contribution in [0.4, 0.5) is 4.39 Å². The molecule has 1 aromatic carbocycles. The van der Waals surface area contributed by atoms with Gasteiger partial charge in [0.2, 0.25) is 0 Å². The van der Waals surface area contributed by atoms with Gasteiger partial charge in [0.15, 0.2) is 5.82 Å². The normalized spacial score (nSPS) is 10.4. The van der Waals surface area contributed by atoms with Crippen LogP contribution in [0.3, 0.4) is 0 Å². The fraction of sp³-hybridized carbons (Fsp3) is 0.167. The van der Waals surface area contributed by atoms with Crippen molar-refractivity contribution in [1.82, 2.24) is 15.3 Å². The summed E-state index contributed by atoms with van der Waals surface area (Å²) in [6.45, 7) is 0.726. The Labute approximate surface area is 93.4 Å². The van der Waals surface area contributed by atoms with E-state index in [-0.39, 0.29) is 5.82 Å². The summed E-state index contributed by atoms with van der Waals surface area (Å²) in [5.74, 6) is 0.264. The van der Waals surface area contributed by atoms with Gasteiger partial charge in [-0.2, -0.15) is 0 Å². The molecule has 1 heterocycles. The Balaban J connectivity index is 2.27. The number of nitrogens with zero attached hydrogens (tertiary/aromatic N) is 2. The van der Waals surface area contributed by atoms with Gasteiger partial charge in [-0.3, -0.25) is 0 Å². The number of hydrogen-bond acceptors (Lipinski definition) is 3. The number of benzene rings is 1. The van der Waals surface area contributed by atoms with E-state index in [0.29, 0.717) is 11.4 Å². The molecule has 0 bridgehead atoms. The number of nitrogens with one attached hydrogen (secondary N) is 1. The second-order valence-corrected chi connectivity index (χ2v) is 3.46. The van der Waals surface area contributed by atoms with E-state index < -0.39 is 0 Å². The van der Waals surface area contributed by atoms with Crippen LogP contribution in [0.5, 0.6) is 0 Å². The van der Waals surface area contributed by atoms with Gasteiger partial charge in [-0.25, -0.2) is 14.4 Å². The first-order chi connectivity index (χ1) is 7.79. The van der Waals surface area contributed by atoms with Crippen LogP contribution in [-0.2, 0) is 6.54 Å². The molecule has 0 saturated carbocycles. The Morgan fingerprint density at radius 2 is 2.00 bits per heavy atom. The van der Waals surface area contributed by atoms with Crippen LogP contribution in [0.25, 0.3) is 11.4 Å². The average molecular weight is 217 g/mol. The maximum Gasteiger partial charge on any atom is 0.159 e. The Kier molecular flexibility index (Phi) is 3.22. The molecule has 1 aromatic heterocycles. The summed E-state index contributed by atoms with van der Waals surface area (Å²) < 4.78 is 13.0. The largest absolute Gasteiger partial charge is 0.316 e. The number of rotatable bonds is 3. The van der Waals surface area contributed by atoms with Gasteiger partial charge in [0, 0.05) is 30.1 Å². The molecule has 82 valence electrons. The van der Waals surface area contributed by atoms with E-state index in [2.05, 4.69) is 15.3 Å². The summed E-state index contributed by atoms with van der Waals surface area (Å²) in [4.78, 5) is 8.38. The molecule has 2 aromatic rings. The third-order valence-electron chi connectivity index (χ3n) is 2.17. The quantitative estimate of drug-likeness (QED) is 0.854. The number of hydrogen-bond donors (Lipinski definition) is 1. The zero-order valence-corrected chi connectivity index (χ0v) is 8.94. The van der Waals surface area contributed by atoms with E-state index in [0.717, 1.165) is 12.1 Å². The fourth-order valence-corrected chi connectivity index (χ4v) is 1.43. The lowest BCUT2D eigenvalue weighted by Crippen LogP contribution is -2.06.